The lowest BCUT2D eigenvalue weighted by Crippen LogP contribution is -2.15. The van der Waals surface area contributed by atoms with Crippen LogP contribution in [-0.2, 0) is 4.79 Å². The molecule has 1 fully saturated rings. The minimum atomic E-state index is -0.962. The van der Waals surface area contributed by atoms with E-state index in [0.29, 0.717) is 5.56 Å². The van der Waals surface area contributed by atoms with Crippen molar-refractivity contribution in [3.8, 4) is 0 Å². The molecule has 1 aromatic carbocycles. The third-order valence-corrected chi connectivity index (χ3v) is 2.95. The van der Waals surface area contributed by atoms with Crippen molar-refractivity contribution in [3.63, 3.8) is 0 Å². The van der Waals surface area contributed by atoms with Crippen LogP contribution in [0, 0.1) is 0 Å². The molecule has 0 spiro atoms. The summed E-state index contributed by atoms with van der Waals surface area (Å²) in [4.78, 5) is 10.7. The smallest absolute Gasteiger partial charge is 0.162 e. The average molecular weight is 251 g/mol. The standard InChI is InChI=1S/C9H10O2.C5H11NO/c1-7(10)9(11)8-5-3-2-4-6-8;6-4-1-2-5(7)3-4/h2-6,9,11H,1H3;4-5,7H,1-3,6H2. The van der Waals surface area contributed by atoms with Crippen LogP contribution in [0.3, 0.4) is 0 Å². The van der Waals surface area contributed by atoms with Gasteiger partial charge in [0.05, 0.1) is 6.10 Å². The van der Waals surface area contributed by atoms with E-state index in [1.54, 1.807) is 24.3 Å². The van der Waals surface area contributed by atoms with Crippen LogP contribution in [0.5, 0.6) is 0 Å². The van der Waals surface area contributed by atoms with E-state index in [2.05, 4.69) is 0 Å². The van der Waals surface area contributed by atoms with E-state index in [4.69, 9.17) is 10.8 Å². The van der Waals surface area contributed by atoms with Gasteiger partial charge in [-0.25, -0.2) is 0 Å². The Hall–Kier alpha value is -1.23. The van der Waals surface area contributed by atoms with E-state index < -0.39 is 6.10 Å². The second-order valence-corrected chi connectivity index (χ2v) is 4.65. The number of nitrogens with two attached hydrogens (primary N) is 1. The Labute approximate surface area is 107 Å². The average Bonchev–Trinajstić information content (AvgIpc) is 2.74. The number of hydrogen-bond donors (Lipinski definition) is 3. The van der Waals surface area contributed by atoms with Crippen LogP contribution in [0.4, 0.5) is 0 Å². The first kappa shape index (κ1) is 14.8. The van der Waals surface area contributed by atoms with Crippen molar-refractivity contribution >= 4 is 5.78 Å². The first-order valence-electron chi connectivity index (χ1n) is 6.17. The number of rotatable bonds is 2. The Bertz CT molecular complexity index is 359. The van der Waals surface area contributed by atoms with Crippen LogP contribution in [0.15, 0.2) is 30.3 Å². The van der Waals surface area contributed by atoms with Crippen LogP contribution >= 0.6 is 0 Å². The lowest BCUT2D eigenvalue weighted by Gasteiger charge is -2.04. The number of aliphatic hydroxyl groups excluding tert-OH is 2. The van der Waals surface area contributed by atoms with Crippen LogP contribution in [0.1, 0.15) is 37.9 Å². The molecule has 0 aromatic heterocycles. The number of hydrogen-bond acceptors (Lipinski definition) is 4. The first-order chi connectivity index (χ1) is 8.50. The predicted octanol–water partition coefficient (Wildman–Crippen LogP) is 1.17. The molecule has 4 N–H and O–H groups in total. The van der Waals surface area contributed by atoms with Gasteiger partial charge in [-0.1, -0.05) is 30.3 Å². The van der Waals surface area contributed by atoms with Gasteiger partial charge in [-0.05, 0) is 31.7 Å². The van der Waals surface area contributed by atoms with Crippen molar-refractivity contribution in [2.45, 2.75) is 44.4 Å². The minimum Gasteiger partial charge on any atom is -0.393 e. The number of ketones is 1. The highest BCUT2D eigenvalue weighted by molar-refractivity contribution is 5.81. The number of Topliss-reactive ketones (excluding diaryl/α,β-unsaturated/α-hetero) is 1. The molecule has 0 amide bonds. The van der Waals surface area contributed by atoms with Crippen molar-refractivity contribution in [2.24, 2.45) is 5.73 Å². The predicted molar refractivity (Wildman–Crippen MR) is 69.9 cm³/mol. The van der Waals surface area contributed by atoms with Gasteiger partial charge >= 0.3 is 0 Å². The molecule has 2 rings (SSSR count). The summed E-state index contributed by atoms with van der Waals surface area (Å²) < 4.78 is 0. The third kappa shape index (κ3) is 4.96. The fraction of sp³-hybridized carbons (Fsp3) is 0.500. The summed E-state index contributed by atoms with van der Waals surface area (Å²) in [5.41, 5.74) is 6.12. The van der Waals surface area contributed by atoms with E-state index >= 15 is 0 Å². The summed E-state index contributed by atoms with van der Waals surface area (Å²) >= 11 is 0. The Balaban J connectivity index is 0.000000199. The van der Waals surface area contributed by atoms with Gasteiger partial charge in [-0.15, -0.1) is 0 Å². The van der Waals surface area contributed by atoms with E-state index in [1.165, 1.54) is 6.92 Å². The molecule has 3 atom stereocenters. The molecule has 0 radical (unpaired) electrons. The molecule has 3 unspecified atom stereocenters. The van der Waals surface area contributed by atoms with Crippen molar-refractivity contribution in [1.82, 2.24) is 0 Å². The zero-order chi connectivity index (χ0) is 13.5. The molecule has 4 nitrogen and oxygen atoms in total. The number of carbonyl (C=O) groups excluding carboxylic acids is 1. The summed E-state index contributed by atoms with van der Waals surface area (Å²) in [5, 5.41) is 18.1. The Kier molecular flexibility index (Phi) is 5.98. The molecular formula is C14H21NO3. The molecule has 1 saturated carbocycles. The largest absolute Gasteiger partial charge is 0.393 e. The molecule has 0 bridgehead atoms. The molecule has 0 aliphatic heterocycles. The highest BCUT2D eigenvalue weighted by Gasteiger charge is 2.18. The van der Waals surface area contributed by atoms with Gasteiger partial charge in [0.2, 0.25) is 0 Å². The summed E-state index contributed by atoms with van der Waals surface area (Å²) in [6, 6.07) is 9.16. The molecule has 1 aliphatic carbocycles. The minimum absolute atomic E-state index is 0.102. The number of benzene rings is 1. The van der Waals surface area contributed by atoms with Crippen molar-refractivity contribution in [1.29, 1.82) is 0 Å². The molecule has 1 aliphatic rings. The normalized spacial score (nSPS) is 24.0. The van der Waals surface area contributed by atoms with E-state index in [0.717, 1.165) is 19.3 Å². The molecular weight excluding hydrogens is 230 g/mol. The highest BCUT2D eigenvalue weighted by atomic mass is 16.3. The second-order valence-electron chi connectivity index (χ2n) is 4.65. The van der Waals surface area contributed by atoms with Crippen LogP contribution in [0.25, 0.3) is 0 Å². The zero-order valence-corrected chi connectivity index (χ0v) is 10.6. The van der Waals surface area contributed by atoms with Gasteiger partial charge in [-0.3, -0.25) is 4.79 Å². The molecule has 100 valence electrons. The molecule has 0 heterocycles. The maximum absolute atomic E-state index is 10.7. The SMILES string of the molecule is CC(=O)C(O)c1ccccc1.NC1CCC(O)C1. The lowest BCUT2D eigenvalue weighted by molar-refractivity contribution is -0.125. The molecule has 0 saturated heterocycles. The van der Waals surface area contributed by atoms with Gasteiger partial charge < -0.3 is 15.9 Å². The van der Waals surface area contributed by atoms with Crippen LogP contribution in [0.2, 0.25) is 0 Å². The Morgan fingerprint density at radius 2 is 1.94 bits per heavy atom. The highest BCUT2D eigenvalue weighted by Crippen LogP contribution is 2.15. The lowest BCUT2D eigenvalue weighted by atomic mass is 10.1. The fourth-order valence-corrected chi connectivity index (χ4v) is 1.86. The van der Waals surface area contributed by atoms with Crippen molar-refractivity contribution < 1.29 is 15.0 Å². The van der Waals surface area contributed by atoms with Crippen LogP contribution < -0.4 is 5.73 Å². The monoisotopic (exact) mass is 251 g/mol. The summed E-state index contributed by atoms with van der Waals surface area (Å²) in [5.74, 6) is -0.226. The second kappa shape index (κ2) is 7.26. The van der Waals surface area contributed by atoms with Crippen LogP contribution in [-0.4, -0.2) is 28.1 Å². The van der Waals surface area contributed by atoms with Gasteiger partial charge in [0, 0.05) is 6.04 Å². The number of aliphatic hydroxyl groups is 2. The van der Waals surface area contributed by atoms with Gasteiger partial charge in [0.25, 0.3) is 0 Å². The summed E-state index contributed by atoms with van der Waals surface area (Å²) in [6.07, 6.45) is 1.65. The topological polar surface area (TPSA) is 83.5 Å². The maximum Gasteiger partial charge on any atom is 0.162 e. The zero-order valence-electron chi connectivity index (χ0n) is 10.6. The summed E-state index contributed by atoms with van der Waals surface area (Å²) in [6.45, 7) is 1.37. The maximum atomic E-state index is 10.7. The van der Waals surface area contributed by atoms with E-state index in [-0.39, 0.29) is 17.9 Å². The van der Waals surface area contributed by atoms with Crippen molar-refractivity contribution in [3.05, 3.63) is 35.9 Å². The van der Waals surface area contributed by atoms with Crippen molar-refractivity contribution in [2.75, 3.05) is 0 Å². The van der Waals surface area contributed by atoms with E-state index in [9.17, 15) is 9.90 Å². The summed E-state index contributed by atoms with van der Waals surface area (Å²) in [7, 11) is 0. The van der Waals surface area contributed by atoms with Gasteiger partial charge in [-0.2, -0.15) is 0 Å². The number of carbonyl (C=O) groups is 1. The molecule has 1 aromatic rings. The van der Waals surface area contributed by atoms with E-state index in [1.807, 2.05) is 6.07 Å². The molecule has 18 heavy (non-hydrogen) atoms. The van der Waals surface area contributed by atoms with Gasteiger partial charge in [0.15, 0.2) is 5.78 Å². The molecule has 4 heteroatoms. The quantitative estimate of drug-likeness (QED) is 0.736. The Morgan fingerprint density at radius 3 is 2.28 bits per heavy atom. The third-order valence-electron chi connectivity index (χ3n) is 2.95. The fourth-order valence-electron chi connectivity index (χ4n) is 1.86. The Morgan fingerprint density at radius 1 is 1.33 bits per heavy atom. The van der Waals surface area contributed by atoms with Gasteiger partial charge in [0.1, 0.15) is 6.10 Å². The first-order valence-corrected chi connectivity index (χ1v) is 6.17.